The van der Waals surface area contributed by atoms with Crippen LogP contribution in [0.3, 0.4) is 0 Å². The van der Waals surface area contributed by atoms with Crippen LogP contribution in [0.2, 0.25) is 0 Å². The fourth-order valence-electron chi connectivity index (χ4n) is 4.30. The van der Waals surface area contributed by atoms with Crippen molar-refractivity contribution in [1.29, 1.82) is 0 Å². The maximum absolute atomic E-state index is 13.0. The summed E-state index contributed by atoms with van der Waals surface area (Å²) in [5.74, 6) is -0.136. The molecule has 0 saturated carbocycles. The first-order valence-electron chi connectivity index (χ1n) is 10.2. The van der Waals surface area contributed by atoms with Crippen molar-refractivity contribution in [3.05, 3.63) is 74.7 Å². The molecule has 2 aromatic heterocycles. The average molecular weight is 432 g/mol. The van der Waals surface area contributed by atoms with Gasteiger partial charge in [-0.25, -0.2) is 4.98 Å². The lowest BCUT2D eigenvalue weighted by Gasteiger charge is -2.16. The molecule has 5 rings (SSSR count). The van der Waals surface area contributed by atoms with Gasteiger partial charge in [-0.2, -0.15) is 0 Å². The van der Waals surface area contributed by atoms with Gasteiger partial charge in [0, 0.05) is 24.7 Å². The molecule has 1 aliphatic rings. The van der Waals surface area contributed by atoms with E-state index in [-0.39, 0.29) is 28.8 Å². The number of aromatic nitrogens is 3. The highest BCUT2D eigenvalue weighted by Crippen LogP contribution is 2.34. The average Bonchev–Trinajstić information content (AvgIpc) is 3.42. The SMILES string of the molecule is CNC1CCN(C(=O)c2ccc3[nH]c(-n4c(=O)cnc5ccccc54)c([N+](=O)[O-])c3c2)C1. The number of likely N-dealkylation sites (tertiary alicyclic amines) is 1. The number of nitrogens with zero attached hydrogens (tertiary/aromatic N) is 4. The zero-order valence-corrected chi connectivity index (χ0v) is 17.2. The van der Waals surface area contributed by atoms with Crippen LogP contribution in [-0.4, -0.2) is 56.4 Å². The molecule has 4 aromatic rings. The number of para-hydroxylation sites is 2. The number of amides is 1. The van der Waals surface area contributed by atoms with E-state index in [4.69, 9.17) is 0 Å². The molecule has 2 N–H and O–H groups in total. The molecule has 1 amide bonds. The van der Waals surface area contributed by atoms with Gasteiger partial charge in [0.2, 0.25) is 0 Å². The highest BCUT2D eigenvalue weighted by molar-refractivity contribution is 6.02. The molecule has 1 atom stereocenters. The van der Waals surface area contributed by atoms with Gasteiger partial charge in [-0.3, -0.25) is 24.3 Å². The number of hydrogen-bond acceptors (Lipinski definition) is 6. The van der Waals surface area contributed by atoms with Crippen molar-refractivity contribution in [3.63, 3.8) is 0 Å². The van der Waals surface area contributed by atoms with Gasteiger partial charge in [0.25, 0.3) is 11.5 Å². The number of fused-ring (bicyclic) bond motifs is 2. The van der Waals surface area contributed by atoms with Gasteiger partial charge < -0.3 is 15.2 Å². The third-order valence-corrected chi connectivity index (χ3v) is 5.95. The van der Waals surface area contributed by atoms with Crippen LogP contribution in [-0.2, 0) is 0 Å². The van der Waals surface area contributed by atoms with E-state index in [0.717, 1.165) is 12.6 Å². The number of likely N-dealkylation sites (N-methyl/N-ethyl adjacent to an activating group) is 1. The Labute approximate surface area is 181 Å². The standard InChI is InChI=1S/C22H20N6O4/c1-23-14-8-9-26(12-14)22(30)13-6-7-16-15(10-13)20(28(31)32)21(25-16)27-18-5-3-2-4-17(18)24-11-19(27)29/h2-7,10-11,14,23,25H,8-9,12H2,1H3. The zero-order valence-electron chi connectivity index (χ0n) is 17.2. The Balaban J connectivity index is 1.68. The van der Waals surface area contributed by atoms with E-state index in [1.165, 1.54) is 10.6 Å². The second kappa shape index (κ2) is 7.57. The molecular formula is C22H20N6O4. The minimum absolute atomic E-state index is 0.0367. The minimum atomic E-state index is -0.531. The molecule has 0 bridgehead atoms. The van der Waals surface area contributed by atoms with Gasteiger partial charge in [0.05, 0.1) is 33.1 Å². The van der Waals surface area contributed by atoms with Gasteiger partial charge in [0.15, 0.2) is 5.82 Å². The van der Waals surface area contributed by atoms with Gasteiger partial charge in [0.1, 0.15) is 0 Å². The van der Waals surface area contributed by atoms with E-state index in [0.29, 0.717) is 35.2 Å². The van der Waals surface area contributed by atoms with Crippen LogP contribution in [0.1, 0.15) is 16.8 Å². The summed E-state index contributed by atoms with van der Waals surface area (Å²) in [4.78, 5) is 46.1. The Kier molecular flexibility index (Phi) is 4.71. The van der Waals surface area contributed by atoms with Gasteiger partial charge in [-0.05, 0) is 43.8 Å². The molecule has 3 heterocycles. The van der Waals surface area contributed by atoms with E-state index in [1.54, 1.807) is 41.3 Å². The number of nitro groups is 1. The number of carbonyl (C=O) groups is 1. The number of rotatable bonds is 4. The van der Waals surface area contributed by atoms with Crippen LogP contribution < -0.4 is 10.9 Å². The topological polar surface area (TPSA) is 126 Å². The molecule has 0 spiro atoms. The van der Waals surface area contributed by atoms with Gasteiger partial charge in [-0.1, -0.05) is 12.1 Å². The summed E-state index contributed by atoms with van der Waals surface area (Å²) in [5, 5.41) is 15.5. The Morgan fingerprint density at radius 2 is 2.09 bits per heavy atom. The number of hydrogen-bond donors (Lipinski definition) is 2. The first-order valence-corrected chi connectivity index (χ1v) is 10.2. The van der Waals surface area contributed by atoms with E-state index in [1.807, 2.05) is 7.05 Å². The molecule has 0 aliphatic carbocycles. The highest BCUT2D eigenvalue weighted by atomic mass is 16.6. The normalized spacial score (nSPS) is 16.2. The Hall–Kier alpha value is -4.05. The molecule has 10 heteroatoms. The van der Waals surface area contributed by atoms with E-state index >= 15 is 0 Å². The van der Waals surface area contributed by atoms with Crippen LogP contribution in [0, 0.1) is 10.1 Å². The quantitative estimate of drug-likeness (QED) is 0.376. The Morgan fingerprint density at radius 1 is 1.28 bits per heavy atom. The third-order valence-electron chi connectivity index (χ3n) is 5.95. The first kappa shape index (κ1) is 19.9. The van der Waals surface area contributed by atoms with Crippen molar-refractivity contribution in [2.24, 2.45) is 0 Å². The van der Waals surface area contributed by atoms with Crippen LogP contribution in [0.15, 0.2) is 53.5 Å². The van der Waals surface area contributed by atoms with E-state index < -0.39 is 10.5 Å². The Bertz CT molecular complexity index is 1440. The highest BCUT2D eigenvalue weighted by Gasteiger charge is 2.29. The van der Waals surface area contributed by atoms with Crippen molar-refractivity contribution in [2.45, 2.75) is 12.5 Å². The van der Waals surface area contributed by atoms with E-state index in [9.17, 15) is 19.7 Å². The monoisotopic (exact) mass is 432 g/mol. The molecular weight excluding hydrogens is 412 g/mol. The maximum Gasteiger partial charge on any atom is 0.319 e. The molecule has 0 radical (unpaired) electrons. The summed E-state index contributed by atoms with van der Waals surface area (Å²) < 4.78 is 1.25. The lowest BCUT2D eigenvalue weighted by molar-refractivity contribution is -0.382. The third kappa shape index (κ3) is 3.12. The molecule has 1 saturated heterocycles. The molecule has 10 nitrogen and oxygen atoms in total. The fourth-order valence-corrected chi connectivity index (χ4v) is 4.30. The first-order chi connectivity index (χ1) is 15.5. The zero-order chi connectivity index (χ0) is 22.4. The van der Waals surface area contributed by atoms with E-state index in [2.05, 4.69) is 15.3 Å². The number of aromatic amines is 1. The molecule has 32 heavy (non-hydrogen) atoms. The van der Waals surface area contributed by atoms with Crippen molar-refractivity contribution in [2.75, 3.05) is 20.1 Å². The fraction of sp³-hybridized carbons (Fsp3) is 0.227. The molecule has 1 aliphatic heterocycles. The molecule has 2 aromatic carbocycles. The van der Waals surface area contributed by atoms with Crippen molar-refractivity contribution >= 4 is 33.5 Å². The number of H-pyrrole nitrogens is 1. The predicted molar refractivity (Wildman–Crippen MR) is 119 cm³/mol. The number of nitrogens with one attached hydrogen (secondary N) is 2. The summed E-state index contributed by atoms with van der Waals surface area (Å²) in [7, 11) is 1.86. The lowest BCUT2D eigenvalue weighted by atomic mass is 10.1. The number of carbonyl (C=O) groups excluding carboxylic acids is 1. The lowest BCUT2D eigenvalue weighted by Crippen LogP contribution is -2.33. The minimum Gasteiger partial charge on any atom is -0.337 e. The summed E-state index contributed by atoms with van der Waals surface area (Å²) in [6, 6.07) is 12.0. The van der Waals surface area contributed by atoms with Gasteiger partial charge in [-0.15, -0.1) is 0 Å². The molecule has 1 unspecified atom stereocenters. The summed E-state index contributed by atoms with van der Waals surface area (Å²) in [5.41, 5.74) is 1.05. The van der Waals surface area contributed by atoms with Crippen molar-refractivity contribution in [3.8, 4) is 5.82 Å². The second-order valence-electron chi connectivity index (χ2n) is 7.79. The van der Waals surface area contributed by atoms with Crippen LogP contribution in [0.25, 0.3) is 27.8 Å². The maximum atomic E-state index is 13.0. The van der Waals surface area contributed by atoms with Crippen molar-refractivity contribution in [1.82, 2.24) is 24.8 Å². The van der Waals surface area contributed by atoms with Crippen LogP contribution >= 0.6 is 0 Å². The molecule has 1 fully saturated rings. The molecule has 162 valence electrons. The summed E-state index contributed by atoms with van der Waals surface area (Å²) >= 11 is 0. The Morgan fingerprint density at radius 3 is 2.84 bits per heavy atom. The smallest absolute Gasteiger partial charge is 0.319 e. The summed E-state index contributed by atoms with van der Waals surface area (Å²) in [6.45, 7) is 1.22. The largest absolute Gasteiger partial charge is 0.337 e. The second-order valence-corrected chi connectivity index (χ2v) is 7.79. The van der Waals surface area contributed by atoms with Crippen molar-refractivity contribution < 1.29 is 9.72 Å². The predicted octanol–water partition coefficient (Wildman–Crippen LogP) is 2.21. The van der Waals surface area contributed by atoms with Crippen LogP contribution in [0.5, 0.6) is 0 Å². The number of benzene rings is 2. The van der Waals surface area contributed by atoms with Crippen LogP contribution in [0.4, 0.5) is 5.69 Å². The summed E-state index contributed by atoms with van der Waals surface area (Å²) in [6.07, 6.45) is 2.00. The van der Waals surface area contributed by atoms with Gasteiger partial charge >= 0.3 is 5.69 Å².